The summed E-state index contributed by atoms with van der Waals surface area (Å²) >= 11 is 0. The smallest absolute Gasteiger partial charge is 0.103 e. The van der Waals surface area contributed by atoms with Crippen LogP contribution in [0.3, 0.4) is 0 Å². The first-order chi connectivity index (χ1) is 7.33. The van der Waals surface area contributed by atoms with Crippen LogP contribution in [0.1, 0.15) is 5.56 Å². The molecule has 1 aromatic heterocycles. The maximum Gasteiger partial charge on any atom is 0.103 e. The number of hydrogen-bond donors (Lipinski definition) is 0. The first-order valence-corrected chi connectivity index (χ1v) is 4.51. The zero-order valence-corrected chi connectivity index (χ0v) is 8.43. The number of anilines is 1. The van der Waals surface area contributed by atoms with Crippen molar-refractivity contribution in [2.24, 2.45) is 0 Å². The summed E-state index contributed by atoms with van der Waals surface area (Å²) in [7, 11) is 0. The summed E-state index contributed by atoms with van der Waals surface area (Å²) in [6, 6.07) is 2.08. The molecule has 0 unspecified atom stereocenters. The van der Waals surface area contributed by atoms with Crippen molar-refractivity contribution in [1.82, 2.24) is 10.2 Å². The van der Waals surface area contributed by atoms with Crippen LogP contribution in [0, 0.1) is 11.3 Å². The monoisotopic (exact) mass is 200 g/mol. The van der Waals surface area contributed by atoms with Crippen LogP contribution in [0.5, 0.6) is 0 Å². The van der Waals surface area contributed by atoms with Gasteiger partial charge in [-0.25, -0.2) is 0 Å². The van der Waals surface area contributed by atoms with Crippen LogP contribution in [-0.2, 0) is 0 Å². The van der Waals surface area contributed by atoms with Crippen LogP contribution < -0.4 is 4.90 Å². The number of rotatable bonds is 5. The lowest BCUT2D eigenvalue weighted by Gasteiger charge is -2.21. The Labute approximate surface area is 89.2 Å². The minimum Gasteiger partial charge on any atom is -0.362 e. The third-order valence-corrected chi connectivity index (χ3v) is 1.87. The molecule has 0 atom stereocenters. The lowest BCUT2D eigenvalue weighted by Crippen LogP contribution is -2.24. The third kappa shape index (κ3) is 2.64. The molecule has 0 radical (unpaired) electrons. The van der Waals surface area contributed by atoms with Gasteiger partial charge in [-0.15, -0.1) is 13.2 Å². The number of hydrogen-bond acceptors (Lipinski definition) is 4. The summed E-state index contributed by atoms with van der Waals surface area (Å²) in [4.78, 5) is 1.95. The van der Waals surface area contributed by atoms with E-state index in [-0.39, 0.29) is 0 Å². The Morgan fingerprint density at radius 2 is 1.87 bits per heavy atom. The van der Waals surface area contributed by atoms with Crippen molar-refractivity contribution >= 4 is 5.69 Å². The van der Waals surface area contributed by atoms with Gasteiger partial charge in [-0.05, 0) is 0 Å². The summed E-state index contributed by atoms with van der Waals surface area (Å²) in [6.07, 6.45) is 6.57. The van der Waals surface area contributed by atoms with Gasteiger partial charge in [0.05, 0.1) is 23.6 Å². The van der Waals surface area contributed by atoms with E-state index in [1.165, 1.54) is 6.20 Å². The number of nitrogens with zero attached hydrogens (tertiary/aromatic N) is 4. The van der Waals surface area contributed by atoms with Gasteiger partial charge in [0.2, 0.25) is 0 Å². The van der Waals surface area contributed by atoms with Gasteiger partial charge >= 0.3 is 0 Å². The van der Waals surface area contributed by atoms with Crippen molar-refractivity contribution in [3.63, 3.8) is 0 Å². The molecule has 0 saturated heterocycles. The molecule has 76 valence electrons. The van der Waals surface area contributed by atoms with E-state index in [2.05, 4.69) is 29.4 Å². The predicted molar refractivity (Wildman–Crippen MR) is 59.4 cm³/mol. The van der Waals surface area contributed by atoms with Crippen molar-refractivity contribution in [3.8, 4) is 6.07 Å². The lowest BCUT2D eigenvalue weighted by atomic mass is 10.2. The molecule has 0 bridgehead atoms. The molecule has 4 heteroatoms. The number of aromatic nitrogens is 2. The minimum absolute atomic E-state index is 0.508. The van der Waals surface area contributed by atoms with Crippen LogP contribution in [0.2, 0.25) is 0 Å². The first kappa shape index (κ1) is 10.9. The quantitative estimate of drug-likeness (QED) is 0.676. The first-order valence-electron chi connectivity index (χ1n) is 4.51. The molecule has 1 rings (SSSR count). The molecule has 1 heterocycles. The molecule has 0 spiro atoms. The Hall–Kier alpha value is -2.15. The van der Waals surface area contributed by atoms with E-state index < -0.39 is 0 Å². The molecule has 0 amide bonds. The molecule has 1 aromatic rings. The molecule has 0 saturated carbocycles. The Kier molecular flexibility index (Phi) is 4.05. The van der Waals surface area contributed by atoms with Crippen LogP contribution >= 0.6 is 0 Å². The Morgan fingerprint density at radius 1 is 1.27 bits per heavy atom. The second-order valence-corrected chi connectivity index (χ2v) is 2.88. The molecule has 4 nitrogen and oxygen atoms in total. The van der Waals surface area contributed by atoms with Crippen LogP contribution in [0.25, 0.3) is 0 Å². The highest BCUT2D eigenvalue weighted by Gasteiger charge is 2.08. The zero-order valence-electron chi connectivity index (χ0n) is 8.43. The largest absolute Gasteiger partial charge is 0.362 e. The average molecular weight is 200 g/mol. The molecule has 0 aliphatic heterocycles. The van der Waals surface area contributed by atoms with Gasteiger partial charge in [-0.3, -0.25) is 0 Å². The van der Waals surface area contributed by atoms with E-state index >= 15 is 0 Å². The van der Waals surface area contributed by atoms with E-state index in [0.717, 1.165) is 5.69 Å². The predicted octanol–water partition coefficient (Wildman–Crippen LogP) is 1.53. The van der Waals surface area contributed by atoms with Gasteiger partial charge in [0, 0.05) is 13.1 Å². The second kappa shape index (κ2) is 5.55. The molecule has 15 heavy (non-hydrogen) atoms. The number of nitriles is 1. The van der Waals surface area contributed by atoms with Gasteiger partial charge < -0.3 is 4.90 Å². The van der Waals surface area contributed by atoms with E-state index in [1.807, 2.05) is 4.90 Å². The zero-order chi connectivity index (χ0) is 11.1. The molecule has 0 fully saturated rings. The SMILES string of the molecule is C=CCN(CC=C)c1cnncc1C#N. The van der Waals surface area contributed by atoms with Crippen molar-refractivity contribution < 1.29 is 0 Å². The molecule has 0 aromatic carbocycles. The second-order valence-electron chi connectivity index (χ2n) is 2.88. The fraction of sp³-hybridized carbons (Fsp3) is 0.182. The summed E-state index contributed by atoms with van der Waals surface area (Å²) in [6.45, 7) is 8.63. The van der Waals surface area contributed by atoms with Gasteiger partial charge in [-0.2, -0.15) is 15.5 Å². The maximum atomic E-state index is 8.91. The van der Waals surface area contributed by atoms with Gasteiger partial charge in [0.15, 0.2) is 0 Å². The maximum absolute atomic E-state index is 8.91. The Morgan fingerprint density at radius 3 is 2.40 bits per heavy atom. The van der Waals surface area contributed by atoms with E-state index in [0.29, 0.717) is 18.7 Å². The minimum atomic E-state index is 0.508. The van der Waals surface area contributed by atoms with Gasteiger partial charge in [0.25, 0.3) is 0 Å². The van der Waals surface area contributed by atoms with E-state index in [4.69, 9.17) is 5.26 Å². The Bertz CT molecular complexity index is 382. The summed E-state index contributed by atoms with van der Waals surface area (Å²) in [5.41, 5.74) is 1.26. The summed E-state index contributed by atoms with van der Waals surface area (Å²) in [5.74, 6) is 0. The lowest BCUT2D eigenvalue weighted by molar-refractivity contribution is 0.923. The van der Waals surface area contributed by atoms with Crippen LogP contribution in [0.15, 0.2) is 37.7 Å². The van der Waals surface area contributed by atoms with Crippen molar-refractivity contribution in [3.05, 3.63) is 43.3 Å². The molecular weight excluding hydrogens is 188 g/mol. The standard InChI is InChI=1S/C11H12N4/c1-3-5-15(6-4-2)11-9-14-13-8-10(11)7-12/h3-4,8-9H,1-2,5-6H2. The van der Waals surface area contributed by atoms with Crippen molar-refractivity contribution in [1.29, 1.82) is 5.26 Å². The molecule has 0 N–H and O–H groups in total. The Balaban J connectivity index is 3.04. The topological polar surface area (TPSA) is 52.8 Å². The van der Waals surface area contributed by atoms with E-state index in [9.17, 15) is 0 Å². The fourth-order valence-electron chi connectivity index (χ4n) is 1.24. The van der Waals surface area contributed by atoms with Crippen LogP contribution in [0.4, 0.5) is 5.69 Å². The normalized spacial score (nSPS) is 9.00. The molecule has 0 aliphatic carbocycles. The highest BCUT2D eigenvalue weighted by atomic mass is 15.2. The van der Waals surface area contributed by atoms with E-state index in [1.54, 1.807) is 18.3 Å². The molecule has 0 aliphatic rings. The van der Waals surface area contributed by atoms with Crippen LogP contribution in [-0.4, -0.2) is 23.3 Å². The average Bonchev–Trinajstić information content (AvgIpc) is 2.29. The fourth-order valence-corrected chi connectivity index (χ4v) is 1.24. The van der Waals surface area contributed by atoms with Gasteiger partial charge in [0.1, 0.15) is 6.07 Å². The highest BCUT2D eigenvalue weighted by molar-refractivity contribution is 5.57. The highest BCUT2D eigenvalue weighted by Crippen LogP contribution is 2.16. The molecular formula is C11H12N4. The summed E-state index contributed by atoms with van der Waals surface area (Å²) in [5, 5.41) is 16.3. The summed E-state index contributed by atoms with van der Waals surface area (Å²) < 4.78 is 0. The van der Waals surface area contributed by atoms with Crippen molar-refractivity contribution in [2.45, 2.75) is 0 Å². The third-order valence-electron chi connectivity index (χ3n) is 1.87. The van der Waals surface area contributed by atoms with Crippen molar-refractivity contribution in [2.75, 3.05) is 18.0 Å². The van der Waals surface area contributed by atoms with Gasteiger partial charge in [-0.1, -0.05) is 12.2 Å².